The first-order valence-electron chi connectivity index (χ1n) is 9.55. The fraction of sp³-hybridized carbons (Fsp3) is 0.318. The Kier molecular flexibility index (Phi) is 6.27. The van der Waals surface area contributed by atoms with E-state index in [4.69, 9.17) is 5.84 Å². The fourth-order valence-electron chi connectivity index (χ4n) is 2.81. The van der Waals surface area contributed by atoms with Crippen LogP contribution in [0.5, 0.6) is 0 Å². The number of amides is 1. The van der Waals surface area contributed by atoms with Gasteiger partial charge in [-0.25, -0.2) is 4.68 Å². The van der Waals surface area contributed by atoms with Gasteiger partial charge in [0.25, 0.3) is 0 Å². The third-order valence-corrected chi connectivity index (χ3v) is 5.69. The third kappa shape index (κ3) is 5.17. The van der Waals surface area contributed by atoms with Crippen LogP contribution in [0.4, 0.5) is 0 Å². The summed E-state index contributed by atoms with van der Waals surface area (Å²) in [5.41, 5.74) is 3.27. The maximum absolute atomic E-state index is 12.4. The number of carbonyl (C=O) groups excluding carboxylic acids is 1. The largest absolute Gasteiger partial charge is 0.351 e. The highest BCUT2D eigenvalue weighted by Gasteiger charge is 2.20. The average molecular weight is 410 g/mol. The van der Waals surface area contributed by atoms with Gasteiger partial charge >= 0.3 is 0 Å². The molecule has 0 spiro atoms. The molecular formula is C22H27N5OS. The summed E-state index contributed by atoms with van der Waals surface area (Å²) in [7, 11) is 0. The SMILES string of the molecule is CC(Sc1nnc(-c2ccc(C(C)(C)C)cc2)n1N)C(=O)NCc1ccccc1. The van der Waals surface area contributed by atoms with E-state index in [-0.39, 0.29) is 16.6 Å². The van der Waals surface area contributed by atoms with Crippen LogP contribution >= 0.6 is 11.8 Å². The first-order valence-corrected chi connectivity index (χ1v) is 10.4. The molecule has 3 N–H and O–H groups in total. The molecule has 152 valence electrons. The summed E-state index contributed by atoms with van der Waals surface area (Å²) in [6, 6.07) is 18.0. The van der Waals surface area contributed by atoms with Gasteiger partial charge in [0.05, 0.1) is 5.25 Å². The van der Waals surface area contributed by atoms with E-state index in [1.807, 2.05) is 49.4 Å². The molecular weight excluding hydrogens is 382 g/mol. The Hall–Kier alpha value is -2.80. The summed E-state index contributed by atoms with van der Waals surface area (Å²) in [5, 5.41) is 11.5. The molecule has 7 heteroatoms. The molecule has 1 atom stereocenters. The minimum Gasteiger partial charge on any atom is -0.351 e. The summed E-state index contributed by atoms with van der Waals surface area (Å²) in [6.07, 6.45) is 0. The molecule has 3 rings (SSSR count). The highest BCUT2D eigenvalue weighted by molar-refractivity contribution is 8.00. The number of nitrogens with zero attached hydrogens (tertiary/aromatic N) is 3. The van der Waals surface area contributed by atoms with Crippen molar-refractivity contribution in [3.05, 3.63) is 65.7 Å². The molecule has 1 unspecified atom stereocenters. The van der Waals surface area contributed by atoms with Crippen molar-refractivity contribution in [2.24, 2.45) is 0 Å². The van der Waals surface area contributed by atoms with Gasteiger partial charge in [-0.05, 0) is 23.5 Å². The van der Waals surface area contributed by atoms with Gasteiger partial charge in [-0.15, -0.1) is 10.2 Å². The van der Waals surface area contributed by atoms with Crippen LogP contribution < -0.4 is 11.2 Å². The number of carbonyl (C=O) groups is 1. The topological polar surface area (TPSA) is 85.8 Å². The van der Waals surface area contributed by atoms with Crippen LogP contribution in [0.15, 0.2) is 59.8 Å². The molecule has 0 aliphatic carbocycles. The van der Waals surface area contributed by atoms with Crippen LogP contribution in [0, 0.1) is 0 Å². The van der Waals surface area contributed by atoms with Gasteiger partial charge in [0, 0.05) is 12.1 Å². The van der Waals surface area contributed by atoms with Crippen molar-refractivity contribution in [3.63, 3.8) is 0 Å². The van der Waals surface area contributed by atoms with Crippen molar-refractivity contribution in [2.75, 3.05) is 5.84 Å². The zero-order valence-corrected chi connectivity index (χ0v) is 18.0. The molecule has 1 amide bonds. The monoisotopic (exact) mass is 409 g/mol. The van der Waals surface area contributed by atoms with Gasteiger partial charge in [-0.3, -0.25) is 4.79 Å². The number of thioether (sulfide) groups is 1. The smallest absolute Gasteiger partial charge is 0.233 e. The molecule has 0 radical (unpaired) electrons. The Labute approximate surface area is 175 Å². The molecule has 0 fully saturated rings. The molecule has 6 nitrogen and oxygen atoms in total. The lowest BCUT2D eigenvalue weighted by Crippen LogP contribution is -2.30. The van der Waals surface area contributed by atoms with E-state index in [2.05, 4.69) is 48.4 Å². The lowest BCUT2D eigenvalue weighted by atomic mass is 9.87. The van der Waals surface area contributed by atoms with Crippen LogP contribution in [-0.2, 0) is 16.8 Å². The van der Waals surface area contributed by atoms with E-state index in [0.717, 1.165) is 11.1 Å². The molecule has 1 heterocycles. The van der Waals surface area contributed by atoms with Gasteiger partial charge in [0.1, 0.15) is 0 Å². The molecule has 1 aromatic heterocycles. The maximum Gasteiger partial charge on any atom is 0.233 e. The minimum absolute atomic E-state index is 0.0714. The predicted octanol–water partition coefficient (Wildman–Crippen LogP) is 3.75. The van der Waals surface area contributed by atoms with Crippen LogP contribution in [0.3, 0.4) is 0 Å². The van der Waals surface area contributed by atoms with Crippen molar-refractivity contribution in [2.45, 2.75) is 50.1 Å². The predicted molar refractivity (Wildman–Crippen MR) is 118 cm³/mol. The van der Waals surface area contributed by atoms with Crippen LogP contribution in [0.25, 0.3) is 11.4 Å². The summed E-state index contributed by atoms with van der Waals surface area (Å²) in [5.74, 6) is 6.71. The van der Waals surface area contributed by atoms with E-state index < -0.39 is 0 Å². The second-order valence-electron chi connectivity index (χ2n) is 7.97. The number of nitrogens with two attached hydrogens (primary N) is 1. The summed E-state index contributed by atoms with van der Waals surface area (Å²) in [6.45, 7) is 8.84. The molecule has 2 aromatic carbocycles. The average Bonchev–Trinajstić information content (AvgIpc) is 3.06. The van der Waals surface area contributed by atoms with E-state index in [1.54, 1.807) is 0 Å². The number of aromatic nitrogens is 3. The number of nitrogen functional groups attached to an aromatic ring is 1. The Bertz CT molecular complexity index is 961. The maximum atomic E-state index is 12.4. The molecule has 0 saturated heterocycles. The molecule has 0 aliphatic rings. The Morgan fingerprint density at radius 1 is 1.10 bits per heavy atom. The number of rotatable bonds is 6. The van der Waals surface area contributed by atoms with Crippen molar-refractivity contribution >= 4 is 17.7 Å². The number of benzene rings is 2. The van der Waals surface area contributed by atoms with Gasteiger partial charge < -0.3 is 11.2 Å². The normalized spacial score (nSPS) is 12.6. The quantitative estimate of drug-likeness (QED) is 0.478. The van der Waals surface area contributed by atoms with Crippen LogP contribution in [-0.4, -0.2) is 26.0 Å². The highest BCUT2D eigenvalue weighted by Crippen LogP contribution is 2.27. The number of nitrogens with one attached hydrogen (secondary N) is 1. The minimum atomic E-state index is -0.346. The molecule has 0 bridgehead atoms. The van der Waals surface area contributed by atoms with Crippen molar-refractivity contribution < 1.29 is 4.79 Å². The third-order valence-electron chi connectivity index (χ3n) is 4.63. The number of hydrogen-bond acceptors (Lipinski definition) is 5. The second kappa shape index (κ2) is 8.69. The Morgan fingerprint density at radius 2 is 1.76 bits per heavy atom. The van der Waals surface area contributed by atoms with Gasteiger partial charge in [0.15, 0.2) is 5.82 Å². The lowest BCUT2D eigenvalue weighted by Gasteiger charge is -2.19. The second-order valence-corrected chi connectivity index (χ2v) is 9.27. The molecule has 3 aromatic rings. The Balaban J connectivity index is 1.65. The number of hydrogen-bond donors (Lipinski definition) is 2. The van der Waals surface area contributed by atoms with Crippen molar-refractivity contribution in [1.82, 2.24) is 20.2 Å². The summed E-state index contributed by atoms with van der Waals surface area (Å²) < 4.78 is 1.44. The first-order chi connectivity index (χ1) is 13.8. The molecule has 0 aliphatic heterocycles. The van der Waals surface area contributed by atoms with Crippen molar-refractivity contribution in [3.8, 4) is 11.4 Å². The summed E-state index contributed by atoms with van der Waals surface area (Å²) >= 11 is 1.29. The zero-order chi connectivity index (χ0) is 21.0. The first kappa shape index (κ1) is 20.9. The standard InChI is InChI=1S/C22H27N5OS/c1-15(20(28)24-14-16-8-6-5-7-9-16)29-21-26-25-19(27(21)23)17-10-12-18(13-11-17)22(2,3)4/h5-13,15H,14,23H2,1-4H3,(H,24,28). The molecule has 0 saturated carbocycles. The van der Waals surface area contributed by atoms with E-state index in [9.17, 15) is 4.79 Å². The van der Waals surface area contributed by atoms with Crippen LogP contribution in [0.1, 0.15) is 38.8 Å². The zero-order valence-electron chi connectivity index (χ0n) is 17.2. The summed E-state index contributed by atoms with van der Waals surface area (Å²) in [4.78, 5) is 12.4. The lowest BCUT2D eigenvalue weighted by molar-refractivity contribution is -0.120. The van der Waals surface area contributed by atoms with E-state index in [1.165, 1.54) is 22.0 Å². The fourth-order valence-corrected chi connectivity index (χ4v) is 3.61. The van der Waals surface area contributed by atoms with Gasteiger partial charge in [-0.1, -0.05) is 87.1 Å². The van der Waals surface area contributed by atoms with E-state index >= 15 is 0 Å². The molecule has 29 heavy (non-hydrogen) atoms. The highest BCUT2D eigenvalue weighted by atomic mass is 32.2. The Morgan fingerprint density at radius 3 is 2.38 bits per heavy atom. The van der Waals surface area contributed by atoms with Crippen molar-refractivity contribution in [1.29, 1.82) is 0 Å². The van der Waals surface area contributed by atoms with E-state index in [0.29, 0.717) is 17.5 Å². The van der Waals surface area contributed by atoms with Crippen LogP contribution in [0.2, 0.25) is 0 Å². The van der Waals surface area contributed by atoms with Gasteiger partial charge in [0.2, 0.25) is 11.1 Å². The van der Waals surface area contributed by atoms with Gasteiger partial charge in [-0.2, -0.15) is 0 Å².